The van der Waals surface area contributed by atoms with Crippen molar-refractivity contribution in [1.29, 1.82) is 0 Å². The molecule has 60 valence electrons. The maximum absolute atomic E-state index is 12.5. The van der Waals surface area contributed by atoms with Gasteiger partial charge in [-0.25, -0.2) is 4.39 Å². The molecule has 1 fully saturated rings. The van der Waals surface area contributed by atoms with E-state index in [2.05, 4.69) is 5.10 Å². The van der Waals surface area contributed by atoms with Crippen LogP contribution in [0.2, 0.25) is 0 Å². The Bertz CT molecular complexity index is 267. The summed E-state index contributed by atoms with van der Waals surface area (Å²) in [5.74, 6) is -0.343. The lowest BCUT2D eigenvalue weighted by Crippen LogP contribution is -2.21. The fraction of sp³-hybridized carbons (Fsp3) is 0.571. The SMILES string of the molecule is OCC1(n2cc(F)cn2)CC1. The van der Waals surface area contributed by atoms with E-state index in [0.717, 1.165) is 19.0 Å². The normalized spacial score (nSPS) is 20.2. The predicted molar refractivity (Wildman–Crippen MR) is 36.5 cm³/mol. The van der Waals surface area contributed by atoms with Gasteiger partial charge in [0.15, 0.2) is 5.82 Å². The molecule has 1 saturated carbocycles. The Balaban J connectivity index is 2.29. The molecule has 0 atom stereocenters. The first-order valence-electron chi connectivity index (χ1n) is 3.58. The maximum atomic E-state index is 12.5. The van der Waals surface area contributed by atoms with Crippen LogP contribution in [0.15, 0.2) is 12.4 Å². The van der Waals surface area contributed by atoms with Crippen LogP contribution in [0, 0.1) is 5.82 Å². The minimum Gasteiger partial charge on any atom is -0.394 e. The van der Waals surface area contributed by atoms with Crippen molar-refractivity contribution in [1.82, 2.24) is 9.78 Å². The molecule has 11 heavy (non-hydrogen) atoms. The lowest BCUT2D eigenvalue weighted by Gasteiger charge is -2.10. The van der Waals surface area contributed by atoms with Crippen LogP contribution in [0.4, 0.5) is 4.39 Å². The minimum atomic E-state index is -0.343. The van der Waals surface area contributed by atoms with Crippen molar-refractivity contribution < 1.29 is 9.50 Å². The largest absolute Gasteiger partial charge is 0.394 e. The third-order valence-electron chi connectivity index (χ3n) is 2.16. The molecule has 2 rings (SSSR count). The molecule has 1 N–H and O–H groups in total. The fourth-order valence-corrected chi connectivity index (χ4v) is 1.16. The highest BCUT2D eigenvalue weighted by Gasteiger charge is 2.44. The molecule has 1 heterocycles. The molecule has 0 amide bonds. The van der Waals surface area contributed by atoms with Crippen molar-refractivity contribution in [3.05, 3.63) is 18.2 Å². The van der Waals surface area contributed by atoms with Crippen molar-refractivity contribution in [3.8, 4) is 0 Å². The van der Waals surface area contributed by atoms with Crippen LogP contribution < -0.4 is 0 Å². The number of nitrogens with zero attached hydrogens (tertiary/aromatic N) is 2. The van der Waals surface area contributed by atoms with E-state index >= 15 is 0 Å². The lowest BCUT2D eigenvalue weighted by molar-refractivity contribution is 0.202. The second-order valence-corrected chi connectivity index (χ2v) is 2.99. The Hall–Kier alpha value is -0.900. The second-order valence-electron chi connectivity index (χ2n) is 2.99. The van der Waals surface area contributed by atoms with E-state index in [0.29, 0.717) is 0 Å². The summed E-state index contributed by atoms with van der Waals surface area (Å²) >= 11 is 0. The summed E-state index contributed by atoms with van der Waals surface area (Å²) in [5, 5.41) is 12.7. The number of hydrogen-bond acceptors (Lipinski definition) is 2. The van der Waals surface area contributed by atoms with E-state index in [4.69, 9.17) is 5.11 Å². The van der Waals surface area contributed by atoms with Gasteiger partial charge in [0, 0.05) is 0 Å². The van der Waals surface area contributed by atoms with E-state index in [1.54, 1.807) is 0 Å². The van der Waals surface area contributed by atoms with E-state index in [9.17, 15) is 4.39 Å². The molecule has 0 bridgehead atoms. The van der Waals surface area contributed by atoms with Crippen molar-refractivity contribution in [2.45, 2.75) is 18.4 Å². The molecule has 1 aromatic heterocycles. The molecular weight excluding hydrogens is 147 g/mol. The molecule has 3 nitrogen and oxygen atoms in total. The maximum Gasteiger partial charge on any atom is 0.161 e. The Labute approximate surface area is 63.5 Å². The van der Waals surface area contributed by atoms with Crippen molar-refractivity contribution in [2.75, 3.05) is 6.61 Å². The van der Waals surface area contributed by atoms with Crippen molar-refractivity contribution in [2.24, 2.45) is 0 Å². The molecular formula is C7H9FN2O. The summed E-state index contributed by atoms with van der Waals surface area (Å²) < 4.78 is 14.0. The third-order valence-corrected chi connectivity index (χ3v) is 2.16. The van der Waals surface area contributed by atoms with E-state index in [1.807, 2.05) is 0 Å². The number of aliphatic hydroxyl groups excluding tert-OH is 1. The van der Waals surface area contributed by atoms with Gasteiger partial charge in [-0.3, -0.25) is 4.68 Å². The van der Waals surface area contributed by atoms with Gasteiger partial charge < -0.3 is 5.11 Å². The number of aromatic nitrogens is 2. The average Bonchev–Trinajstić information content (AvgIpc) is 2.70. The first kappa shape index (κ1) is 6.79. The summed E-state index contributed by atoms with van der Waals surface area (Å²) in [6.07, 6.45) is 4.27. The predicted octanol–water partition coefficient (Wildman–Crippen LogP) is 0.504. The molecule has 1 aromatic rings. The van der Waals surface area contributed by atoms with Crippen LogP contribution >= 0.6 is 0 Å². The molecule has 0 radical (unpaired) electrons. The molecule has 0 unspecified atom stereocenters. The van der Waals surface area contributed by atoms with Gasteiger partial charge >= 0.3 is 0 Å². The Kier molecular flexibility index (Phi) is 1.26. The quantitative estimate of drug-likeness (QED) is 0.677. The highest BCUT2D eigenvalue weighted by molar-refractivity contribution is 5.01. The zero-order chi connectivity index (χ0) is 7.90. The van der Waals surface area contributed by atoms with Gasteiger partial charge in [0.1, 0.15) is 0 Å². The van der Waals surface area contributed by atoms with Gasteiger partial charge in [0.25, 0.3) is 0 Å². The Morgan fingerprint density at radius 2 is 2.45 bits per heavy atom. The fourth-order valence-electron chi connectivity index (χ4n) is 1.16. The van der Waals surface area contributed by atoms with Gasteiger partial charge in [-0.05, 0) is 12.8 Å². The first-order valence-corrected chi connectivity index (χ1v) is 3.58. The minimum absolute atomic E-state index is 0.0497. The number of aliphatic hydroxyl groups is 1. The van der Waals surface area contributed by atoms with Crippen molar-refractivity contribution in [3.63, 3.8) is 0 Å². The van der Waals surface area contributed by atoms with E-state index < -0.39 is 0 Å². The van der Waals surface area contributed by atoms with Gasteiger partial charge in [-0.15, -0.1) is 0 Å². The summed E-state index contributed by atoms with van der Waals surface area (Å²) in [4.78, 5) is 0. The van der Waals surface area contributed by atoms with Crippen LogP contribution in [0.5, 0.6) is 0 Å². The summed E-state index contributed by atoms with van der Waals surface area (Å²) in [6.45, 7) is 0.0497. The summed E-state index contributed by atoms with van der Waals surface area (Å²) in [7, 11) is 0. The van der Waals surface area contributed by atoms with Gasteiger partial charge in [-0.1, -0.05) is 0 Å². The zero-order valence-corrected chi connectivity index (χ0v) is 6.00. The third kappa shape index (κ3) is 0.939. The van der Waals surface area contributed by atoms with Crippen LogP contribution in [0.1, 0.15) is 12.8 Å². The second kappa shape index (κ2) is 2.04. The molecule has 1 aliphatic rings. The zero-order valence-electron chi connectivity index (χ0n) is 6.00. The average molecular weight is 156 g/mol. The highest BCUT2D eigenvalue weighted by Crippen LogP contribution is 2.42. The number of hydrogen-bond donors (Lipinski definition) is 1. The molecule has 0 spiro atoms. The Morgan fingerprint density at radius 1 is 1.73 bits per heavy atom. The van der Waals surface area contributed by atoms with Gasteiger partial charge in [0.2, 0.25) is 0 Å². The molecule has 0 aromatic carbocycles. The lowest BCUT2D eigenvalue weighted by atomic mass is 10.3. The molecule has 0 aliphatic heterocycles. The van der Waals surface area contributed by atoms with Gasteiger partial charge in [0.05, 0.1) is 24.5 Å². The molecule has 0 saturated heterocycles. The van der Waals surface area contributed by atoms with Crippen LogP contribution in [0.25, 0.3) is 0 Å². The van der Waals surface area contributed by atoms with Crippen LogP contribution in [-0.4, -0.2) is 21.5 Å². The van der Waals surface area contributed by atoms with Crippen molar-refractivity contribution >= 4 is 0 Å². The number of rotatable bonds is 2. The van der Waals surface area contributed by atoms with Crippen LogP contribution in [0.3, 0.4) is 0 Å². The first-order chi connectivity index (χ1) is 5.27. The topological polar surface area (TPSA) is 38.0 Å². The van der Waals surface area contributed by atoms with Gasteiger partial charge in [-0.2, -0.15) is 5.10 Å². The van der Waals surface area contributed by atoms with E-state index in [-0.39, 0.29) is 18.0 Å². The molecule has 4 heteroatoms. The standard InChI is InChI=1S/C7H9FN2O/c8-6-3-9-10(4-6)7(5-11)1-2-7/h3-4,11H,1-2,5H2. The highest BCUT2D eigenvalue weighted by atomic mass is 19.1. The van der Waals surface area contributed by atoms with Crippen LogP contribution in [-0.2, 0) is 5.54 Å². The monoisotopic (exact) mass is 156 g/mol. The summed E-state index contributed by atoms with van der Waals surface area (Å²) in [5.41, 5.74) is -0.273. The number of halogens is 1. The van der Waals surface area contributed by atoms with E-state index in [1.165, 1.54) is 10.9 Å². The molecule has 1 aliphatic carbocycles. The smallest absolute Gasteiger partial charge is 0.161 e. The summed E-state index contributed by atoms with van der Waals surface area (Å²) in [6, 6.07) is 0. The Morgan fingerprint density at radius 3 is 2.82 bits per heavy atom.